The maximum absolute atomic E-state index is 6.11. The summed E-state index contributed by atoms with van der Waals surface area (Å²) in [7, 11) is 1.71. The number of hydrogen-bond donors (Lipinski definition) is 1. The maximum Gasteiger partial charge on any atom is 0.126 e. The van der Waals surface area contributed by atoms with Crippen LogP contribution < -0.4 is 5.32 Å². The molecule has 17 heavy (non-hydrogen) atoms. The first kappa shape index (κ1) is 14.6. The largest absolute Gasteiger partial charge is 0.384 e. The lowest BCUT2D eigenvalue weighted by Crippen LogP contribution is -2.03. The van der Waals surface area contributed by atoms with E-state index in [4.69, 9.17) is 16.3 Å². The van der Waals surface area contributed by atoms with Gasteiger partial charge in [0.05, 0.1) is 17.3 Å². The van der Waals surface area contributed by atoms with E-state index < -0.39 is 0 Å². The highest BCUT2D eigenvalue weighted by Gasteiger charge is 2.04. The Morgan fingerprint density at radius 1 is 1.47 bits per heavy atom. The molecule has 1 rings (SSSR count). The number of anilines is 1. The first-order valence-corrected chi connectivity index (χ1v) is 7.27. The van der Waals surface area contributed by atoms with Gasteiger partial charge in [0, 0.05) is 25.2 Å². The van der Waals surface area contributed by atoms with E-state index in [1.54, 1.807) is 18.9 Å². The van der Waals surface area contributed by atoms with E-state index in [-0.39, 0.29) is 0 Å². The van der Waals surface area contributed by atoms with Crippen molar-refractivity contribution in [2.24, 2.45) is 0 Å². The molecule has 0 aliphatic heterocycles. The van der Waals surface area contributed by atoms with Gasteiger partial charge in [-0.05, 0) is 18.6 Å². The molecule has 0 saturated carbocycles. The van der Waals surface area contributed by atoms with Gasteiger partial charge < -0.3 is 10.1 Å². The Kier molecular flexibility index (Phi) is 7.40. The van der Waals surface area contributed by atoms with Crippen molar-refractivity contribution >= 4 is 29.2 Å². The number of pyridine rings is 1. The summed E-state index contributed by atoms with van der Waals surface area (Å²) in [6, 6.07) is 3.82. The van der Waals surface area contributed by atoms with E-state index in [2.05, 4.69) is 17.2 Å². The van der Waals surface area contributed by atoms with Crippen LogP contribution >= 0.6 is 23.4 Å². The quantitative estimate of drug-likeness (QED) is 0.737. The Hall–Kier alpha value is -0.450. The highest BCUT2D eigenvalue weighted by atomic mass is 35.5. The van der Waals surface area contributed by atoms with Crippen LogP contribution in [0.25, 0.3) is 0 Å². The molecule has 1 heterocycles. The molecule has 1 N–H and O–H groups in total. The van der Waals surface area contributed by atoms with Gasteiger partial charge in [0.25, 0.3) is 0 Å². The zero-order chi connectivity index (χ0) is 12.5. The molecule has 0 aliphatic carbocycles. The molecule has 0 bridgehead atoms. The molecule has 0 radical (unpaired) electrons. The number of thioether (sulfide) groups is 1. The molecule has 0 atom stereocenters. The van der Waals surface area contributed by atoms with Crippen molar-refractivity contribution in [1.29, 1.82) is 0 Å². The molecule has 0 spiro atoms. The summed E-state index contributed by atoms with van der Waals surface area (Å²) in [5.41, 5.74) is 0.939. The van der Waals surface area contributed by atoms with E-state index in [9.17, 15) is 0 Å². The van der Waals surface area contributed by atoms with Crippen molar-refractivity contribution in [3.05, 3.63) is 22.8 Å². The summed E-state index contributed by atoms with van der Waals surface area (Å²) in [5.74, 6) is 2.68. The molecule has 1 aromatic heterocycles. The first-order valence-electron chi connectivity index (χ1n) is 5.74. The zero-order valence-corrected chi connectivity index (χ0v) is 11.9. The van der Waals surface area contributed by atoms with Gasteiger partial charge in [-0.15, -0.1) is 0 Å². The zero-order valence-electron chi connectivity index (χ0n) is 10.3. The van der Waals surface area contributed by atoms with Crippen LogP contribution in [0.15, 0.2) is 12.1 Å². The summed E-state index contributed by atoms with van der Waals surface area (Å²) in [6.07, 6.45) is 1.09. The van der Waals surface area contributed by atoms with Crippen LogP contribution in [0.1, 0.15) is 19.0 Å². The van der Waals surface area contributed by atoms with Crippen molar-refractivity contribution in [2.45, 2.75) is 19.1 Å². The summed E-state index contributed by atoms with van der Waals surface area (Å²) in [5, 5.41) is 3.99. The first-order chi connectivity index (χ1) is 8.27. The van der Waals surface area contributed by atoms with Crippen LogP contribution in [0.2, 0.25) is 5.02 Å². The molecule has 0 amide bonds. The lowest BCUT2D eigenvalue weighted by atomic mass is 10.3. The third-order valence-corrected chi connectivity index (χ3v) is 3.42. The van der Waals surface area contributed by atoms with Crippen molar-refractivity contribution < 1.29 is 4.74 Å². The van der Waals surface area contributed by atoms with Crippen LogP contribution in [0, 0.1) is 0 Å². The van der Waals surface area contributed by atoms with E-state index in [0.29, 0.717) is 0 Å². The van der Waals surface area contributed by atoms with E-state index in [0.717, 1.165) is 47.6 Å². The van der Waals surface area contributed by atoms with Gasteiger partial charge in [-0.2, -0.15) is 11.8 Å². The second kappa shape index (κ2) is 8.61. The second-order valence-corrected chi connectivity index (χ2v) is 5.11. The molecule has 96 valence electrons. The summed E-state index contributed by atoms with van der Waals surface area (Å²) in [6.45, 7) is 3.82. The summed E-state index contributed by atoms with van der Waals surface area (Å²) < 4.78 is 5.00. The molecule has 0 aliphatic rings. The van der Waals surface area contributed by atoms with E-state index in [1.165, 1.54) is 0 Å². The predicted octanol–water partition coefficient (Wildman–Crippen LogP) is 3.44. The molecule has 0 fully saturated rings. The fourth-order valence-electron chi connectivity index (χ4n) is 1.25. The number of halogens is 1. The van der Waals surface area contributed by atoms with Crippen LogP contribution in [-0.4, -0.2) is 31.0 Å². The Morgan fingerprint density at radius 3 is 3.00 bits per heavy atom. The topological polar surface area (TPSA) is 34.1 Å². The fourth-order valence-corrected chi connectivity index (χ4v) is 2.34. The summed E-state index contributed by atoms with van der Waals surface area (Å²) >= 11 is 7.89. The average molecular weight is 275 g/mol. The fraction of sp³-hybridized carbons (Fsp3) is 0.583. The lowest BCUT2D eigenvalue weighted by Gasteiger charge is -2.08. The number of aromatic nitrogens is 1. The van der Waals surface area contributed by atoms with Gasteiger partial charge in [0.1, 0.15) is 5.82 Å². The van der Waals surface area contributed by atoms with Crippen LogP contribution in [0.3, 0.4) is 0 Å². The average Bonchev–Trinajstić information content (AvgIpc) is 2.35. The maximum atomic E-state index is 6.11. The molecule has 0 saturated heterocycles. The molecular weight excluding hydrogens is 256 g/mol. The molecule has 1 aromatic rings. The van der Waals surface area contributed by atoms with Crippen molar-refractivity contribution in [2.75, 3.05) is 31.3 Å². The van der Waals surface area contributed by atoms with Gasteiger partial charge in [0.15, 0.2) is 0 Å². The molecule has 5 heteroatoms. The standard InChI is InChI=1S/C12H19ClN2OS/c1-3-6-14-12-5-4-10(13)11(15-12)9-17-8-7-16-2/h4-5H,3,6-9H2,1-2H3,(H,14,15). The Balaban J connectivity index is 2.50. The van der Waals surface area contributed by atoms with Gasteiger partial charge in [-0.1, -0.05) is 18.5 Å². The molecule has 0 aromatic carbocycles. The normalized spacial score (nSPS) is 10.5. The minimum atomic E-state index is 0.733. The minimum absolute atomic E-state index is 0.733. The number of hydrogen-bond acceptors (Lipinski definition) is 4. The third kappa shape index (κ3) is 5.61. The van der Waals surface area contributed by atoms with Crippen molar-refractivity contribution in [3.63, 3.8) is 0 Å². The molecule has 0 unspecified atom stereocenters. The third-order valence-electron chi connectivity index (χ3n) is 2.15. The Labute approximate surface area is 112 Å². The van der Waals surface area contributed by atoms with Crippen molar-refractivity contribution in [1.82, 2.24) is 4.98 Å². The predicted molar refractivity (Wildman–Crippen MR) is 76.1 cm³/mol. The lowest BCUT2D eigenvalue weighted by molar-refractivity contribution is 0.218. The second-order valence-electron chi connectivity index (χ2n) is 3.60. The van der Waals surface area contributed by atoms with Gasteiger partial charge in [-0.25, -0.2) is 4.98 Å². The van der Waals surface area contributed by atoms with Crippen LogP contribution in [-0.2, 0) is 10.5 Å². The van der Waals surface area contributed by atoms with E-state index >= 15 is 0 Å². The number of rotatable bonds is 8. The van der Waals surface area contributed by atoms with Gasteiger partial charge in [0.2, 0.25) is 0 Å². The van der Waals surface area contributed by atoms with Crippen LogP contribution in [0.4, 0.5) is 5.82 Å². The Bertz CT molecular complexity index is 336. The monoisotopic (exact) mass is 274 g/mol. The minimum Gasteiger partial charge on any atom is -0.384 e. The highest BCUT2D eigenvalue weighted by Crippen LogP contribution is 2.21. The number of ether oxygens (including phenoxy) is 1. The van der Waals surface area contributed by atoms with Crippen molar-refractivity contribution in [3.8, 4) is 0 Å². The number of nitrogens with one attached hydrogen (secondary N) is 1. The van der Waals surface area contributed by atoms with E-state index in [1.807, 2.05) is 12.1 Å². The SMILES string of the molecule is CCCNc1ccc(Cl)c(CSCCOC)n1. The summed E-state index contributed by atoms with van der Waals surface area (Å²) in [4.78, 5) is 4.50. The van der Waals surface area contributed by atoms with Gasteiger partial charge in [-0.3, -0.25) is 0 Å². The Morgan fingerprint density at radius 2 is 2.29 bits per heavy atom. The molecule has 3 nitrogen and oxygen atoms in total. The smallest absolute Gasteiger partial charge is 0.126 e. The molecular formula is C12H19ClN2OS. The highest BCUT2D eigenvalue weighted by molar-refractivity contribution is 7.98. The number of nitrogens with zero attached hydrogens (tertiary/aromatic N) is 1. The number of methoxy groups -OCH3 is 1. The van der Waals surface area contributed by atoms with Gasteiger partial charge >= 0.3 is 0 Å². The van der Waals surface area contributed by atoms with Crippen LogP contribution in [0.5, 0.6) is 0 Å².